The molecule has 0 aliphatic heterocycles. The minimum absolute atomic E-state index is 0.173. The number of nitrogen functional groups attached to an aromatic ring is 1. The van der Waals surface area contributed by atoms with E-state index in [2.05, 4.69) is 14.7 Å². The van der Waals surface area contributed by atoms with Gasteiger partial charge in [-0.2, -0.15) is 13.2 Å². The maximum Gasteiger partial charge on any atom is 0.490 e. The van der Waals surface area contributed by atoms with E-state index in [4.69, 9.17) is 20.4 Å². The number of nitrogens with one attached hydrogen (secondary N) is 1. The molecule has 0 aliphatic rings. The third-order valence-corrected chi connectivity index (χ3v) is 6.55. The quantitative estimate of drug-likeness (QED) is 0.475. The molecule has 0 fully saturated rings. The van der Waals surface area contributed by atoms with Crippen LogP contribution in [0.4, 0.5) is 24.0 Å². The van der Waals surface area contributed by atoms with Gasteiger partial charge in [-0.25, -0.2) is 23.2 Å². The van der Waals surface area contributed by atoms with Crippen LogP contribution in [0.2, 0.25) is 0 Å². The van der Waals surface area contributed by atoms with Crippen molar-refractivity contribution in [2.24, 2.45) is 0 Å². The molecule has 33 heavy (non-hydrogen) atoms. The first-order valence-electron chi connectivity index (χ1n) is 8.92. The van der Waals surface area contributed by atoms with Crippen LogP contribution in [0.5, 0.6) is 5.88 Å². The van der Waals surface area contributed by atoms with Gasteiger partial charge in [-0.15, -0.1) is 0 Å². The zero-order chi connectivity index (χ0) is 25.0. The van der Waals surface area contributed by atoms with Crippen LogP contribution in [0, 0.1) is 13.8 Å². The molecule has 0 atom stereocenters. The average Bonchev–Trinajstić information content (AvgIpc) is 3.06. The fourth-order valence-corrected chi connectivity index (χ4v) is 4.71. The molecule has 3 aromatic rings. The summed E-state index contributed by atoms with van der Waals surface area (Å²) in [6.07, 6.45) is -3.56. The number of benzene rings is 1. The van der Waals surface area contributed by atoms with Crippen LogP contribution >= 0.6 is 11.3 Å². The van der Waals surface area contributed by atoms with Crippen LogP contribution in [-0.4, -0.2) is 42.7 Å². The number of hydrogen-bond acceptors (Lipinski definition) is 8. The zero-order valence-electron chi connectivity index (χ0n) is 17.5. The van der Waals surface area contributed by atoms with Gasteiger partial charge in [0.1, 0.15) is 5.69 Å². The number of rotatable bonds is 5. The normalized spacial score (nSPS) is 11.3. The summed E-state index contributed by atoms with van der Waals surface area (Å²) in [6.45, 7) is 3.59. The predicted octanol–water partition coefficient (Wildman–Crippen LogP) is 3.85. The molecule has 0 radical (unpaired) electrons. The largest absolute Gasteiger partial charge is 0.490 e. The summed E-state index contributed by atoms with van der Waals surface area (Å²) in [5, 5.41) is 7.57. The number of aromatic nitrogens is 2. The highest BCUT2D eigenvalue weighted by atomic mass is 32.2. The van der Waals surface area contributed by atoms with Gasteiger partial charge in [0, 0.05) is 6.20 Å². The number of pyridine rings is 1. The Morgan fingerprint density at radius 1 is 1.24 bits per heavy atom. The number of aryl methyl sites for hydroxylation is 2. The molecule has 0 saturated carbocycles. The lowest BCUT2D eigenvalue weighted by Crippen LogP contribution is -2.21. The topological polar surface area (TPSA) is 144 Å². The molecule has 0 unspecified atom stereocenters. The number of thiazole rings is 1. The van der Waals surface area contributed by atoms with E-state index < -0.39 is 22.2 Å². The van der Waals surface area contributed by atoms with E-state index in [0.29, 0.717) is 10.7 Å². The van der Waals surface area contributed by atoms with Gasteiger partial charge in [0.25, 0.3) is 10.0 Å². The fourth-order valence-electron chi connectivity index (χ4n) is 2.55. The molecular weight excluding hydrogens is 485 g/mol. The molecule has 0 spiro atoms. The minimum Gasteiger partial charge on any atom is -0.480 e. The van der Waals surface area contributed by atoms with Crippen LogP contribution in [0.25, 0.3) is 10.4 Å². The van der Waals surface area contributed by atoms with Crippen LogP contribution in [0.3, 0.4) is 0 Å². The Kier molecular flexibility index (Phi) is 7.87. The summed E-state index contributed by atoms with van der Waals surface area (Å²) in [4.78, 5) is 18.1. The molecule has 0 saturated heterocycles. The van der Waals surface area contributed by atoms with Crippen LogP contribution < -0.4 is 15.2 Å². The lowest BCUT2D eigenvalue weighted by molar-refractivity contribution is -0.192. The second kappa shape index (κ2) is 10.0. The molecule has 2 aromatic heterocycles. The Balaban J connectivity index is 0.000000479. The van der Waals surface area contributed by atoms with E-state index in [1.165, 1.54) is 24.6 Å². The Bertz CT molecular complexity index is 1260. The van der Waals surface area contributed by atoms with Gasteiger partial charge in [-0.3, -0.25) is 4.72 Å². The number of nitrogens with two attached hydrogens (primary N) is 1. The minimum atomic E-state index is -5.08. The lowest BCUT2D eigenvalue weighted by Gasteiger charge is -2.13. The first-order chi connectivity index (χ1) is 15.3. The summed E-state index contributed by atoms with van der Waals surface area (Å²) in [5.74, 6) is -2.55. The SMILES string of the molecule is COc1ncccc1NS(=O)(=O)c1cc(-c2sc(N)nc2C)ccc1C.O=C(O)C(F)(F)F. The van der Waals surface area contributed by atoms with E-state index in [9.17, 15) is 21.6 Å². The number of nitrogens with zero attached hydrogens (tertiary/aromatic N) is 2. The average molecular weight is 505 g/mol. The van der Waals surface area contributed by atoms with Gasteiger partial charge in [-0.1, -0.05) is 23.5 Å². The van der Waals surface area contributed by atoms with Crippen molar-refractivity contribution >= 4 is 38.1 Å². The van der Waals surface area contributed by atoms with Crippen molar-refractivity contribution in [2.45, 2.75) is 24.9 Å². The second-order valence-corrected chi connectivity index (χ2v) is 9.10. The molecule has 178 valence electrons. The van der Waals surface area contributed by atoms with E-state index in [1.807, 2.05) is 13.0 Å². The van der Waals surface area contributed by atoms with E-state index in [0.717, 1.165) is 16.1 Å². The molecule has 4 N–H and O–H groups in total. The first-order valence-corrected chi connectivity index (χ1v) is 11.2. The van der Waals surface area contributed by atoms with Gasteiger partial charge in [-0.05, 0) is 43.2 Å². The summed E-state index contributed by atoms with van der Waals surface area (Å²) in [5.41, 5.74) is 8.18. The molecule has 0 aliphatic carbocycles. The van der Waals surface area contributed by atoms with Crippen molar-refractivity contribution in [3.8, 4) is 16.3 Å². The van der Waals surface area contributed by atoms with Crippen molar-refractivity contribution in [3.05, 3.63) is 47.8 Å². The molecule has 9 nitrogen and oxygen atoms in total. The number of alkyl halides is 3. The van der Waals surface area contributed by atoms with Crippen LogP contribution in [0.1, 0.15) is 11.3 Å². The van der Waals surface area contributed by atoms with E-state index >= 15 is 0 Å². The van der Waals surface area contributed by atoms with Crippen LogP contribution in [0.15, 0.2) is 41.4 Å². The number of sulfonamides is 1. The number of carboxylic acid groups (broad SMARTS) is 1. The highest BCUT2D eigenvalue weighted by Crippen LogP contribution is 2.34. The number of anilines is 2. The van der Waals surface area contributed by atoms with Gasteiger partial charge in [0.2, 0.25) is 5.88 Å². The highest BCUT2D eigenvalue weighted by Gasteiger charge is 2.38. The molecule has 0 bridgehead atoms. The lowest BCUT2D eigenvalue weighted by atomic mass is 10.1. The number of hydrogen-bond donors (Lipinski definition) is 3. The van der Waals surface area contributed by atoms with Gasteiger partial charge in [0.15, 0.2) is 5.13 Å². The monoisotopic (exact) mass is 504 g/mol. The number of carbonyl (C=O) groups is 1. The smallest absolute Gasteiger partial charge is 0.480 e. The molecule has 3 rings (SSSR count). The first kappa shape index (κ1) is 25.9. The fraction of sp³-hybridized carbons (Fsp3) is 0.211. The summed E-state index contributed by atoms with van der Waals surface area (Å²) in [7, 11) is -2.40. The van der Waals surface area contributed by atoms with Crippen molar-refractivity contribution in [3.63, 3.8) is 0 Å². The highest BCUT2D eigenvalue weighted by molar-refractivity contribution is 7.92. The number of halogens is 3. The van der Waals surface area contributed by atoms with Crippen molar-refractivity contribution in [2.75, 3.05) is 17.6 Å². The van der Waals surface area contributed by atoms with E-state index in [1.54, 1.807) is 31.2 Å². The van der Waals surface area contributed by atoms with Gasteiger partial charge < -0.3 is 15.6 Å². The van der Waals surface area contributed by atoms with Crippen molar-refractivity contribution in [1.29, 1.82) is 0 Å². The molecule has 1 aromatic carbocycles. The summed E-state index contributed by atoms with van der Waals surface area (Å²) >= 11 is 1.32. The third-order valence-electron chi connectivity index (χ3n) is 4.00. The third kappa shape index (κ3) is 6.55. The number of ether oxygens (including phenoxy) is 1. The molecular formula is C19H19F3N4O5S2. The van der Waals surface area contributed by atoms with Crippen molar-refractivity contribution in [1.82, 2.24) is 9.97 Å². The Morgan fingerprint density at radius 3 is 2.39 bits per heavy atom. The Hall–Kier alpha value is -3.39. The number of carboxylic acids is 1. The Morgan fingerprint density at radius 2 is 1.88 bits per heavy atom. The van der Waals surface area contributed by atoms with Crippen molar-refractivity contribution < 1.29 is 36.2 Å². The van der Waals surface area contributed by atoms with E-state index in [-0.39, 0.29) is 16.5 Å². The number of methoxy groups -OCH3 is 1. The maximum absolute atomic E-state index is 12.9. The van der Waals surface area contributed by atoms with Gasteiger partial charge >= 0.3 is 12.1 Å². The predicted molar refractivity (Wildman–Crippen MR) is 117 cm³/mol. The maximum atomic E-state index is 12.9. The standard InChI is InChI=1S/C17H18N4O3S2.C2HF3O2/c1-10-6-7-12(15-11(2)20-17(18)25-15)9-14(10)26(22,23)21-13-5-4-8-19-16(13)24-3;3-2(4,5)1(6)7/h4-9,21H,1-3H3,(H2,18,20);(H,6,7). The summed E-state index contributed by atoms with van der Waals surface area (Å²) < 4.78 is 65.3. The van der Waals surface area contributed by atoms with Gasteiger partial charge in [0.05, 0.1) is 22.6 Å². The number of aliphatic carboxylic acids is 1. The zero-order valence-corrected chi connectivity index (χ0v) is 19.1. The van der Waals surface area contributed by atoms with Crippen LogP contribution in [-0.2, 0) is 14.8 Å². The molecule has 2 heterocycles. The molecule has 14 heteroatoms. The molecule has 0 amide bonds. The Labute approximate surface area is 191 Å². The summed E-state index contributed by atoms with van der Waals surface area (Å²) in [6, 6.07) is 8.48. The second-order valence-electron chi connectivity index (χ2n) is 6.42.